The highest BCUT2D eigenvalue weighted by Gasteiger charge is 2.13. The lowest BCUT2D eigenvalue weighted by molar-refractivity contribution is 0.174. The lowest BCUT2D eigenvalue weighted by atomic mass is 10.2. The maximum Gasteiger partial charge on any atom is 0.231 e. The number of hydrogen-bond acceptors (Lipinski definition) is 3. The highest BCUT2D eigenvalue weighted by atomic mass is 79.9. The third-order valence-electron chi connectivity index (χ3n) is 3.49. The third-order valence-corrected chi connectivity index (χ3v) is 4.02. The van der Waals surface area contributed by atoms with Crippen LogP contribution in [0.5, 0.6) is 11.5 Å². The monoisotopic (exact) mass is 375 g/mol. The fourth-order valence-corrected chi connectivity index (χ4v) is 2.51. The number of hydrogen-bond donors (Lipinski definition) is 2. The van der Waals surface area contributed by atoms with Crippen LogP contribution in [-0.2, 0) is 13.1 Å². The van der Waals surface area contributed by atoms with Gasteiger partial charge in [0.25, 0.3) is 0 Å². The summed E-state index contributed by atoms with van der Waals surface area (Å²) in [4.78, 5) is 4.24. The van der Waals surface area contributed by atoms with Gasteiger partial charge < -0.3 is 20.1 Å². The predicted octanol–water partition coefficient (Wildman–Crippen LogP) is 3.04. The van der Waals surface area contributed by atoms with Gasteiger partial charge in [-0.1, -0.05) is 34.1 Å². The average molecular weight is 376 g/mol. The van der Waals surface area contributed by atoms with Gasteiger partial charge >= 0.3 is 0 Å². The zero-order valence-electron chi connectivity index (χ0n) is 12.8. The smallest absolute Gasteiger partial charge is 0.231 e. The minimum absolute atomic E-state index is 0.294. The minimum Gasteiger partial charge on any atom is -0.454 e. The quantitative estimate of drug-likeness (QED) is 0.636. The molecule has 3 rings (SSSR count). The number of rotatable bonds is 4. The Balaban J connectivity index is 1.52. The van der Waals surface area contributed by atoms with E-state index in [9.17, 15) is 0 Å². The van der Waals surface area contributed by atoms with Gasteiger partial charge in [0, 0.05) is 24.6 Å². The molecule has 0 fully saturated rings. The minimum atomic E-state index is 0.294. The van der Waals surface area contributed by atoms with Gasteiger partial charge in [0.2, 0.25) is 6.79 Å². The molecule has 0 saturated carbocycles. The van der Waals surface area contributed by atoms with Crippen molar-refractivity contribution in [3.8, 4) is 11.5 Å². The molecule has 6 heteroatoms. The van der Waals surface area contributed by atoms with Gasteiger partial charge in [-0.15, -0.1) is 0 Å². The van der Waals surface area contributed by atoms with Crippen molar-refractivity contribution in [1.82, 2.24) is 10.6 Å². The molecule has 1 aliphatic rings. The third kappa shape index (κ3) is 4.16. The molecule has 0 amide bonds. The number of guanidine groups is 1. The first-order valence-corrected chi connectivity index (χ1v) is 8.11. The van der Waals surface area contributed by atoms with Crippen LogP contribution < -0.4 is 20.1 Å². The molecule has 2 N–H and O–H groups in total. The van der Waals surface area contributed by atoms with E-state index in [2.05, 4.69) is 43.7 Å². The molecule has 0 aromatic heterocycles. The summed E-state index contributed by atoms with van der Waals surface area (Å²) in [6, 6.07) is 14.1. The van der Waals surface area contributed by atoms with E-state index in [1.165, 1.54) is 5.56 Å². The normalized spacial score (nSPS) is 13.0. The summed E-state index contributed by atoms with van der Waals surface area (Å²) >= 11 is 3.44. The lowest BCUT2D eigenvalue weighted by Crippen LogP contribution is -2.36. The largest absolute Gasteiger partial charge is 0.454 e. The van der Waals surface area contributed by atoms with Gasteiger partial charge in [0.15, 0.2) is 17.5 Å². The number of nitrogens with zero attached hydrogens (tertiary/aromatic N) is 1. The predicted molar refractivity (Wildman–Crippen MR) is 93.7 cm³/mol. The summed E-state index contributed by atoms with van der Waals surface area (Å²) in [6.07, 6.45) is 0. The molecular formula is C17H18BrN3O2. The van der Waals surface area contributed by atoms with Crippen LogP contribution in [-0.4, -0.2) is 19.8 Å². The van der Waals surface area contributed by atoms with Crippen LogP contribution in [0.4, 0.5) is 0 Å². The van der Waals surface area contributed by atoms with E-state index in [1.807, 2.05) is 30.3 Å². The van der Waals surface area contributed by atoms with Crippen LogP contribution in [0, 0.1) is 0 Å². The van der Waals surface area contributed by atoms with E-state index in [0.717, 1.165) is 27.5 Å². The Morgan fingerprint density at radius 3 is 2.39 bits per heavy atom. The molecule has 2 aromatic rings. The second-order valence-electron chi connectivity index (χ2n) is 5.09. The molecule has 0 bridgehead atoms. The number of fused-ring (bicyclic) bond motifs is 1. The summed E-state index contributed by atoms with van der Waals surface area (Å²) in [5.41, 5.74) is 2.31. The number of halogens is 1. The second-order valence-corrected chi connectivity index (χ2v) is 6.01. The van der Waals surface area contributed by atoms with Crippen molar-refractivity contribution < 1.29 is 9.47 Å². The van der Waals surface area contributed by atoms with Crippen molar-refractivity contribution in [3.63, 3.8) is 0 Å². The zero-order valence-corrected chi connectivity index (χ0v) is 14.4. The molecule has 2 aromatic carbocycles. The van der Waals surface area contributed by atoms with E-state index in [4.69, 9.17) is 9.47 Å². The van der Waals surface area contributed by atoms with Crippen molar-refractivity contribution in [2.24, 2.45) is 4.99 Å². The van der Waals surface area contributed by atoms with E-state index < -0.39 is 0 Å². The Morgan fingerprint density at radius 1 is 1.00 bits per heavy atom. The number of nitrogens with one attached hydrogen (secondary N) is 2. The van der Waals surface area contributed by atoms with Crippen LogP contribution >= 0.6 is 15.9 Å². The number of benzene rings is 2. The Hall–Kier alpha value is -2.21. The summed E-state index contributed by atoms with van der Waals surface area (Å²) in [6.45, 7) is 1.67. The van der Waals surface area contributed by atoms with Crippen molar-refractivity contribution in [1.29, 1.82) is 0 Å². The first kappa shape index (κ1) is 15.7. The highest BCUT2D eigenvalue weighted by Crippen LogP contribution is 2.32. The second kappa shape index (κ2) is 7.37. The van der Waals surface area contributed by atoms with Gasteiger partial charge in [0.1, 0.15) is 0 Å². The SMILES string of the molecule is CN=C(NCc1ccc(Br)cc1)NCc1ccc2c(c1)OCO2. The summed E-state index contributed by atoms with van der Waals surface area (Å²) in [7, 11) is 1.76. The molecule has 0 radical (unpaired) electrons. The number of ether oxygens (including phenoxy) is 2. The maximum atomic E-state index is 5.39. The lowest BCUT2D eigenvalue weighted by Gasteiger charge is -2.12. The molecule has 0 spiro atoms. The topological polar surface area (TPSA) is 54.9 Å². The molecule has 1 aliphatic heterocycles. The van der Waals surface area contributed by atoms with Gasteiger partial charge in [-0.2, -0.15) is 0 Å². The van der Waals surface area contributed by atoms with Gasteiger partial charge in [-0.05, 0) is 35.4 Å². The summed E-state index contributed by atoms with van der Waals surface area (Å²) < 4.78 is 11.8. The van der Waals surface area contributed by atoms with E-state index >= 15 is 0 Å². The van der Waals surface area contributed by atoms with E-state index in [-0.39, 0.29) is 0 Å². The maximum absolute atomic E-state index is 5.39. The first-order chi connectivity index (χ1) is 11.2. The average Bonchev–Trinajstić information content (AvgIpc) is 3.04. The van der Waals surface area contributed by atoms with Gasteiger partial charge in [-0.3, -0.25) is 4.99 Å². The van der Waals surface area contributed by atoms with Crippen molar-refractivity contribution in [2.75, 3.05) is 13.8 Å². The molecule has 0 aliphatic carbocycles. The standard InChI is InChI=1S/C17H18BrN3O2/c1-19-17(20-9-12-2-5-14(18)6-3-12)21-10-13-4-7-15-16(8-13)23-11-22-15/h2-8H,9-11H2,1H3,(H2,19,20,21). The highest BCUT2D eigenvalue weighted by molar-refractivity contribution is 9.10. The Kier molecular flexibility index (Phi) is 5.02. The first-order valence-electron chi connectivity index (χ1n) is 7.32. The summed E-state index contributed by atoms with van der Waals surface area (Å²) in [5, 5.41) is 6.59. The van der Waals surface area contributed by atoms with Crippen LogP contribution in [0.1, 0.15) is 11.1 Å². The molecule has 0 unspecified atom stereocenters. The molecule has 5 nitrogen and oxygen atoms in total. The fraction of sp³-hybridized carbons (Fsp3) is 0.235. The van der Waals surface area contributed by atoms with Crippen LogP contribution in [0.3, 0.4) is 0 Å². The zero-order chi connectivity index (χ0) is 16.1. The van der Waals surface area contributed by atoms with Gasteiger partial charge in [0.05, 0.1) is 0 Å². The molecule has 1 heterocycles. The van der Waals surface area contributed by atoms with Crippen molar-refractivity contribution in [3.05, 3.63) is 58.1 Å². The van der Waals surface area contributed by atoms with Crippen LogP contribution in [0.25, 0.3) is 0 Å². The Morgan fingerprint density at radius 2 is 1.65 bits per heavy atom. The Labute approximate surface area is 143 Å². The van der Waals surface area contributed by atoms with Gasteiger partial charge in [-0.25, -0.2) is 0 Å². The number of aliphatic imine (C=N–C) groups is 1. The Bertz CT molecular complexity index is 701. The van der Waals surface area contributed by atoms with Crippen molar-refractivity contribution in [2.45, 2.75) is 13.1 Å². The van der Waals surface area contributed by atoms with E-state index in [0.29, 0.717) is 19.9 Å². The van der Waals surface area contributed by atoms with Crippen LogP contribution in [0.15, 0.2) is 51.9 Å². The van der Waals surface area contributed by atoms with Crippen molar-refractivity contribution >= 4 is 21.9 Å². The molecule has 23 heavy (non-hydrogen) atoms. The fourth-order valence-electron chi connectivity index (χ4n) is 2.25. The molecule has 0 saturated heterocycles. The molecular weight excluding hydrogens is 358 g/mol. The van der Waals surface area contributed by atoms with E-state index in [1.54, 1.807) is 7.05 Å². The molecule has 120 valence electrons. The molecule has 0 atom stereocenters. The summed E-state index contributed by atoms with van der Waals surface area (Å²) in [5.74, 6) is 2.35. The van der Waals surface area contributed by atoms with Crippen LogP contribution in [0.2, 0.25) is 0 Å².